The minimum atomic E-state index is -0.00442. The van der Waals surface area contributed by atoms with Crippen molar-refractivity contribution in [1.82, 2.24) is 4.98 Å². The van der Waals surface area contributed by atoms with Gasteiger partial charge >= 0.3 is 0 Å². The summed E-state index contributed by atoms with van der Waals surface area (Å²) in [5.74, 6) is -0.00442. The summed E-state index contributed by atoms with van der Waals surface area (Å²) in [4.78, 5) is 17.2. The van der Waals surface area contributed by atoms with Gasteiger partial charge in [-0.1, -0.05) is 30.3 Å². The summed E-state index contributed by atoms with van der Waals surface area (Å²) < 4.78 is 0. The molecule has 0 unspecified atom stereocenters. The molecule has 0 atom stereocenters. The Morgan fingerprint density at radius 3 is 2.76 bits per heavy atom. The maximum Gasteiger partial charge on any atom is 0.226 e. The van der Waals surface area contributed by atoms with E-state index in [-0.39, 0.29) is 12.5 Å². The lowest BCUT2D eigenvalue weighted by molar-refractivity contribution is -0.116. The van der Waals surface area contributed by atoms with Gasteiger partial charge < -0.3 is 10.4 Å². The van der Waals surface area contributed by atoms with Crippen LogP contribution in [0.2, 0.25) is 0 Å². The molecule has 0 spiro atoms. The van der Waals surface area contributed by atoms with E-state index in [0.717, 1.165) is 23.4 Å². The van der Waals surface area contributed by atoms with Crippen molar-refractivity contribution in [2.75, 3.05) is 11.9 Å². The minimum absolute atomic E-state index is 0.00442. The van der Waals surface area contributed by atoms with Crippen LogP contribution in [0.5, 0.6) is 0 Å². The van der Waals surface area contributed by atoms with E-state index >= 15 is 0 Å². The number of hydrogen-bond acceptors (Lipinski definition) is 4. The summed E-state index contributed by atoms with van der Waals surface area (Å²) in [6.45, 7) is 2.00. The first-order valence-corrected chi connectivity index (χ1v) is 7.91. The third-order valence-electron chi connectivity index (χ3n) is 3.19. The van der Waals surface area contributed by atoms with Crippen molar-refractivity contribution < 1.29 is 9.90 Å². The lowest BCUT2D eigenvalue weighted by Crippen LogP contribution is -2.11. The molecule has 0 saturated carbocycles. The number of amides is 1. The second-order valence-electron chi connectivity index (χ2n) is 4.89. The molecular formula is C16H20N2O2S. The monoisotopic (exact) mass is 304 g/mol. The number of carbonyl (C=O) groups excluding carboxylic acids is 1. The molecule has 0 aliphatic carbocycles. The summed E-state index contributed by atoms with van der Waals surface area (Å²) in [6, 6.07) is 10.2. The summed E-state index contributed by atoms with van der Waals surface area (Å²) in [5, 5.41) is 12.4. The Morgan fingerprint density at radius 1 is 1.29 bits per heavy atom. The molecule has 2 N–H and O–H groups in total. The van der Waals surface area contributed by atoms with Crippen LogP contribution in [-0.2, 0) is 17.6 Å². The van der Waals surface area contributed by atoms with Crippen LogP contribution in [0.4, 0.5) is 5.13 Å². The third kappa shape index (κ3) is 4.95. The molecule has 2 rings (SSSR count). The van der Waals surface area contributed by atoms with Crippen LogP contribution in [0.15, 0.2) is 30.3 Å². The number of aryl methyl sites for hydroxylation is 2. The van der Waals surface area contributed by atoms with Crippen LogP contribution in [0.1, 0.15) is 29.0 Å². The number of nitrogens with one attached hydrogen (secondary N) is 1. The quantitative estimate of drug-likeness (QED) is 0.826. The second kappa shape index (κ2) is 7.90. The fraction of sp³-hybridized carbons (Fsp3) is 0.375. The molecule has 21 heavy (non-hydrogen) atoms. The number of aliphatic hydroxyl groups is 1. The van der Waals surface area contributed by atoms with Gasteiger partial charge in [-0.3, -0.25) is 4.79 Å². The average molecular weight is 304 g/mol. The van der Waals surface area contributed by atoms with Crippen molar-refractivity contribution in [2.24, 2.45) is 0 Å². The van der Waals surface area contributed by atoms with E-state index in [4.69, 9.17) is 5.11 Å². The highest BCUT2D eigenvalue weighted by Gasteiger charge is 2.10. The zero-order chi connectivity index (χ0) is 15.1. The van der Waals surface area contributed by atoms with Crippen LogP contribution in [0.3, 0.4) is 0 Å². The van der Waals surface area contributed by atoms with Crippen molar-refractivity contribution in [3.8, 4) is 0 Å². The van der Waals surface area contributed by atoms with E-state index in [1.54, 1.807) is 0 Å². The fourth-order valence-corrected chi connectivity index (χ4v) is 3.06. The van der Waals surface area contributed by atoms with Crippen molar-refractivity contribution in [2.45, 2.75) is 32.6 Å². The summed E-state index contributed by atoms with van der Waals surface area (Å²) >= 11 is 1.44. The van der Waals surface area contributed by atoms with Crippen LogP contribution >= 0.6 is 11.3 Å². The molecule has 1 amide bonds. The largest absolute Gasteiger partial charge is 0.396 e. The molecule has 0 aliphatic heterocycles. The van der Waals surface area contributed by atoms with E-state index < -0.39 is 0 Å². The van der Waals surface area contributed by atoms with Gasteiger partial charge in [0.1, 0.15) is 0 Å². The molecule has 0 bridgehead atoms. The maximum absolute atomic E-state index is 11.9. The molecule has 1 heterocycles. The van der Waals surface area contributed by atoms with E-state index in [0.29, 0.717) is 18.0 Å². The van der Waals surface area contributed by atoms with Gasteiger partial charge in [-0.25, -0.2) is 4.98 Å². The number of hydrogen-bond donors (Lipinski definition) is 2. The first-order valence-electron chi connectivity index (χ1n) is 7.10. The number of thiazole rings is 1. The van der Waals surface area contributed by atoms with E-state index in [9.17, 15) is 4.79 Å². The van der Waals surface area contributed by atoms with Crippen molar-refractivity contribution in [1.29, 1.82) is 0 Å². The van der Waals surface area contributed by atoms with Crippen molar-refractivity contribution >= 4 is 22.4 Å². The number of aromatic nitrogens is 1. The number of aliphatic hydroxyl groups excluding tert-OH is 1. The topological polar surface area (TPSA) is 62.2 Å². The molecule has 0 fully saturated rings. The zero-order valence-corrected chi connectivity index (χ0v) is 12.9. The molecule has 112 valence electrons. The predicted octanol–water partition coefficient (Wildman–Crippen LogP) is 2.95. The number of benzene rings is 1. The highest BCUT2D eigenvalue weighted by atomic mass is 32.1. The van der Waals surface area contributed by atoms with Crippen LogP contribution in [0.25, 0.3) is 0 Å². The van der Waals surface area contributed by atoms with E-state index in [1.165, 1.54) is 16.9 Å². The van der Waals surface area contributed by atoms with Crippen molar-refractivity contribution in [3.63, 3.8) is 0 Å². The number of anilines is 1. The van der Waals surface area contributed by atoms with Gasteiger partial charge in [-0.05, 0) is 25.3 Å². The fourth-order valence-electron chi connectivity index (χ4n) is 2.09. The summed E-state index contributed by atoms with van der Waals surface area (Å²) in [7, 11) is 0. The Morgan fingerprint density at radius 2 is 2.05 bits per heavy atom. The van der Waals surface area contributed by atoms with Gasteiger partial charge in [0, 0.05) is 24.3 Å². The first-order chi connectivity index (χ1) is 10.2. The molecule has 1 aromatic carbocycles. The molecule has 2 aromatic rings. The van der Waals surface area contributed by atoms with Gasteiger partial charge in [0.15, 0.2) is 5.13 Å². The molecule has 1 aromatic heterocycles. The third-order valence-corrected chi connectivity index (χ3v) is 4.32. The predicted molar refractivity (Wildman–Crippen MR) is 85.7 cm³/mol. The van der Waals surface area contributed by atoms with Crippen molar-refractivity contribution in [3.05, 3.63) is 46.5 Å². The number of nitrogens with zero attached hydrogens (tertiary/aromatic N) is 1. The minimum Gasteiger partial charge on any atom is -0.396 e. The Bertz CT molecular complexity index is 581. The number of rotatable bonds is 7. The molecule has 4 nitrogen and oxygen atoms in total. The highest BCUT2D eigenvalue weighted by Crippen LogP contribution is 2.23. The van der Waals surface area contributed by atoms with Gasteiger partial charge in [0.25, 0.3) is 0 Å². The van der Waals surface area contributed by atoms with E-state index in [1.807, 2.05) is 25.1 Å². The van der Waals surface area contributed by atoms with Crippen LogP contribution in [-0.4, -0.2) is 22.6 Å². The molecule has 0 radical (unpaired) electrons. The zero-order valence-electron chi connectivity index (χ0n) is 12.1. The Labute approximate surface area is 128 Å². The summed E-state index contributed by atoms with van der Waals surface area (Å²) in [6.07, 6.45) is 2.81. The smallest absolute Gasteiger partial charge is 0.226 e. The average Bonchev–Trinajstić information content (AvgIpc) is 2.80. The number of carbonyl (C=O) groups is 1. The maximum atomic E-state index is 11.9. The lowest BCUT2D eigenvalue weighted by Gasteiger charge is -2.02. The Balaban J connectivity index is 1.78. The molecule has 0 aliphatic rings. The molecular weight excluding hydrogens is 284 g/mol. The second-order valence-corrected chi connectivity index (χ2v) is 5.97. The Kier molecular flexibility index (Phi) is 5.90. The highest BCUT2D eigenvalue weighted by molar-refractivity contribution is 7.15. The Hall–Kier alpha value is -1.72. The first kappa shape index (κ1) is 15.7. The molecule has 0 saturated heterocycles. The molecule has 5 heteroatoms. The van der Waals surface area contributed by atoms with Gasteiger partial charge in [-0.15, -0.1) is 11.3 Å². The van der Waals surface area contributed by atoms with Crippen LogP contribution < -0.4 is 5.32 Å². The SMILES string of the molecule is Cc1nc(NC(=O)CCCc2ccccc2)sc1CCO. The standard InChI is InChI=1S/C16H20N2O2S/c1-12-14(10-11-19)21-16(17-12)18-15(20)9-5-8-13-6-3-2-4-7-13/h2-4,6-7,19H,5,8-11H2,1H3,(H,17,18,20). The lowest BCUT2D eigenvalue weighted by atomic mass is 10.1. The summed E-state index contributed by atoms with van der Waals surface area (Å²) in [5.41, 5.74) is 2.13. The van der Waals surface area contributed by atoms with Gasteiger partial charge in [0.2, 0.25) is 5.91 Å². The van der Waals surface area contributed by atoms with Crippen LogP contribution in [0, 0.1) is 6.92 Å². The van der Waals surface area contributed by atoms with Gasteiger partial charge in [0.05, 0.1) is 5.69 Å². The van der Waals surface area contributed by atoms with E-state index in [2.05, 4.69) is 22.4 Å². The normalized spacial score (nSPS) is 10.6. The van der Waals surface area contributed by atoms with Gasteiger partial charge in [-0.2, -0.15) is 0 Å².